The van der Waals surface area contributed by atoms with Gasteiger partial charge in [0.15, 0.2) is 0 Å². The number of rotatable bonds is 0. The minimum atomic E-state index is -1.58. The second-order valence-corrected chi connectivity index (χ2v) is 2.10. The normalized spacial score (nSPS) is 41.9. The number of ketones is 1. The molecule has 1 aliphatic heterocycles. The summed E-state index contributed by atoms with van der Waals surface area (Å²) in [6, 6.07) is 0. The van der Waals surface area contributed by atoms with Crippen molar-refractivity contribution in [1.82, 2.24) is 0 Å². The van der Waals surface area contributed by atoms with Gasteiger partial charge in [-0.15, -0.1) is 0 Å². The van der Waals surface area contributed by atoms with Gasteiger partial charge >= 0.3 is 0 Å². The highest BCUT2D eigenvalue weighted by atomic mass is 16.6. The molecule has 0 spiro atoms. The average molecular weight is 148 g/mol. The molecule has 1 rings (SSSR count). The molecule has 0 saturated carbocycles. The standard InChI is InChI=1S/C5H8O5/c6-2-1-10-5(9)4(8)3(2)7/h2-3,5-7,9H,1H2/t2-,3-,5?/m1/s1. The van der Waals surface area contributed by atoms with Crippen molar-refractivity contribution in [2.75, 3.05) is 6.61 Å². The molecule has 1 heterocycles. The van der Waals surface area contributed by atoms with Gasteiger partial charge in [-0.05, 0) is 0 Å². The van der Waals surface area contributed by atoms with Gasteiger partial charge in [-0.25, -0.2) is 0 Å². The number of aliphatic hydroxyl groups excluding tert-OH is 3. The lowest BCUT2D eigenvalue weighted by Crippen LogP contribution is -2.49. The lowest BCUT2D eigenvalue weighted by Gasteiger charge is -2.25. The molecule has 0 aromatic carbocycles. The monoisotopic (exact) mass is 148 g/mol. The molecule has 0 aromatic heterocycles. The molecule has 0 bridgehead atoms. The highest BCUT2D eigenvalue weighted by molar-refractivity contribution is 5.86. The maximum atomic E-state index is 10.6. The van der Waals surface area contributed by atoms with E-state index in [1.165, 1.54) is 0 Å². The second-order valence-electron chi connectivity index (χ2n) is 2.10. The molecule has 1 fully saturated rings. The Morgan fingerprint density at radius 3 is 2.50 bits per heavy atom. The first-order valence-corrected chi connectivity index (χ1v) is 2.82. The maximum absolute atomic E-state index is 10.6. The molecule has 5 nitrogen and oxygen atoms in total. The van der Waals surface area contributed by atoms with Crippen LogP contribution in [0.5, 0.6) is 0 Å². The second kappa shape index (κ2) is 2.63. The Morgan fingerprint density at radius 2 is 2.00 bits per heavy atom. The van der Waals surface area contributed by atoms with Gasteiger partial charge in [0.2, 0.25) is 12.1 Å². The van der Waals surface area contributed by atoms with Crippen LogP contribution >= 0.6 is 0 Å². The van der Waals surface area contributed by atoms with Crippen LogP contribution in [-0.4, -0.2) is 46.2 Å². The molecule has 0 amide bonds. The van der Waals surface area contributed by atoms with Crippen LogP contribution in [0.3, 0.4) is 0 Å². The number of aliphatic hydroxyl groups is 3. The Morgan fingerprint density at radius 1 is 1.40 bits per heavy atom. The van der Waals surface area contributed by atoms with Crippen molar-refractivity contribution in [1.29, 1.82) is 0 Å². The van der Waals surface area contributed by atoms with Crippen molar-refractivity contribution in [3.05, 3.63) is 0 Å². The van der Waals surface area contributed by atoms with Crippen molar-refractivity contribution in [2.45, 2.75) is 18.5 Å². The summed E-state index contributed by atoms with van der Waals surface area (Å²) < 4.78 is 4.37. The largest absolute Gasteiger partial charge is 0.388 e. The molecular formula is C5H8O5. The van der Waals surface area contributed by atoms with E-state index in [-0.39, 0.29) is 6.61 Å². The van der Waals surface area contributed by atoms with E-state index in [0.717, 1.165) is 0 Å². The summed E-state index contributed by atoms with van der Waals surface area (Å²) >= 11 is 0. The van der Waals surface area contributed by atoms with Crippen LogP contribution in [-0.2, 0) is 9.53 Å². The summed E-state index contributed by atoms with van der Waals surface area (Å²) in [6.07, 6.45) is -4.31. The highest BCUT2D eigenvalue weighted by Gasteiger charge is 2.35. The van der Waals surface area contributed by atoms with Gasteiger partial charge in [0, 0.05) is 0 Å². The molecule has 1 saturated heterocycles. The topological polar surface area (TPSA) is 87.0 Å². The van der Waals surface area contributed by atoms with Crippen molar-refractivity contribution in [3.8, 4) is 0 Å². The molecule has 1 aliphatic rings. The van der Waals surface area contributed by atoms with E-state index in [1.54, 1.807) is 0 Å². The summed E-state index contributed by atoms with van der Waals surface area (Å²) in [5.74, 6) is -0.890. The molecule has 0 aromatic rings. The van der Waals surface area contributed by atoms with Crippen LogP contribution in [0.1, 0.15) is 0 Å². The third kappa shape index (κ3) is 1.17. The van der Waals surface area contributed by atoms with E-state index in [4.69, 9.17) is 15.3 Å². The third-order valence-electron chi connectivity index (χ3n) is 1.32. The third-order valence-corrected chi connectivity index (χ3v) is 1.32. The fourth-order valence-electron chi connectivity index (χ4n) is 0.699. The first-order valence-electron chi connectivity index (χ1n) is 2.82. The van der Waals surface area contributed by atoms with E-state index < -0.39 is 24.3 Å². The Bertz CT molecular complexity index is 145. The minimum absolute atomic E-state index is 0.214. The molecule has 10 heavy (non-hydrogen) atoms. The molecule has 0 radical (unpaired) electrons. The zero-order chi connectivity index (χ0) is 7.72. The van der Waals surface area contributed by atoms with Gasteiger partial charge in [-0.3, -0.25) is 4.79 Å². The lowest BCUT2D eigenvalue weighted by molar-refractivity contribution is -0.196. The Kier molecular flexibility index (Phi) is 2.00. The van der Waals surface area contributed by atoms with E-state index in [2.05, 4.69) is 4.74 Å². The maximum Gasteiger partial charge on any atom is 0.219 e. The highest BCUT2D eigenvalue weighted by Crippen LogP contribution is 2.08. The Balaban J connectivity index is 2.60. The molecule has 58 valence electrons. The summed E-state index contributed by atoms with van der Waals surface area (Å²) in [7, 11) is 0. The van der Waals surface area contributed by atoms with Crippen LogP contribution in [0.4, 0.5) is 0 Å². The predicted molar refractivity (Wildman–Crippen MR) is 29.0 cm³/mol. The molecule has 3 atom stereocenters. The molecular weight excluding hydrogens is 140 g/mol. The zero-order valence-corrected chi connectivity index (χ0v) is 5.10. The van der Waals surface area contributed by atoms with Crippen molar-refractivity contribution in [2.24, 2.45) is 0 Å². The van der Waals surface area contributed by atoms with Crippen molar-refractivity contribution in [3.63, 3.8) is 0 Å². The first kappa shape index (κ1) is 7.62. The number of Topliss-reactive ketones (excluding diaryl/α,β-unsaturated/α-hetero) is 1. The summed E-state index contributed by atoms with van der Waals surface area (Å²) in [6.45, 7) is -0.214. The van der Waals surface area contributed by atoms with E-state index >= 15 is 0 Å². The number of hydrogen-bond acceptors (Lipinski definition) is 5. The molecule has 0 aliphatic carbocycles. The average Bonchev–Trinajstić information content (AvgIpc) is 1.93. The zero-order valence-electron chi connectivity index (χ0n) is 5.10. The lowest BCUT2D eigenvalue weighted by atomic mass is 10.1. The smallest absolute Gasteiger partial charge is 0.219 e. The molecule has 5 heteroatoms. The van der Waals surface area contributed by atoms with E-state index in [9.17, 15) is 4.79 Å². The van der Waals surface area contributed by atoms with E-state index in [1.807, 2.05) is 0 Å². The van der Waals surface area contributed by atoms with Gasteiger partial charge in [-0.1, -0.05) is 0 Å². The van der Waals surface area contributed by atoms with Crippen molar-refractivity contribution >= 4 is 5.78 Å². The van der Waals surface area contributed by atoms with Crippen molar-refractivity contribution < 1.29 is 24.9 Å². The van der Waals surface area contributed by atoms with Gasteiger partial charge in [0.05, 0.1) is 6.61 Å². The quantitative estimate of drug-likeness (QED) is 0.357. The number of ether oxygens (including phenoxy) is 1. The fraction of sp³-hybridized carbons (Fsp3) is 0.800. The minimum Gasteiger partial charge on any atom is -0.388 e. The Labute approximate surface area is 56.9 Å². The van der Waals surface area contributed by atoms with Crippen LogP contribution in [0, 0.1) is 0 Å². The predicted octanol–water partition coefficient (Wildman–Crippen LogP) is -2.37. The van der Waals surface area contributed by atoms with Gasteiger partial charge in [-0.2, -0.15) is 0 Å². The van der Waals surface area contributed by atoms with Crippen LogP contribution in [0.15, 0.2) is 0 Å². The first-order chi connectivity index (χ1) is 4.63. The van der Waals surface area contributed by atoms with Crippen LogP contribution in [0.2, 0.25) is 0 Å². The number of hydrogen-bond donors (Lipinski definition) is 3. The summed E-state index contributed by atoms with van der Waals surface area (Å²) in [5, 5.41) is 26.2. The Hall–Kier alpha value is -0.490. The number of carbonyl (C=O) groups is 1. The number of carbonyl (C=O) groups excluding carboxylic acids is 1. The van der Waals surface area contributed by atoms with Gasteiger partial charge in [0.1, 0.15) is 12.2 Å². The molecule has 1 unspecified atom stereocenters. The summed E-state index contributed by atoms with van der Waals surface area (Å²) in [4.78, 5) is 10.6. The fourth-order valence-corrected chi connectivity index (χ4v) is 0.699. The van der Waals surface area contributed by atoms with Crippen LogP contribution in [0.25, 0.3) is 0 Å². The van der Waals surface area contributed by atoms with E-state index in [0.29, 0.717) is 0 Å². The molecule has 3 N–H and O–H groups in total. The SMILES string of the molecule is O=C1C(O)OC[C@@H](O)[C@H]1O. The summed E-state index contributed by atoms with van der Waals surface area (Å²) in [5.41, 5.74) is 0. The van der Waals surface area contributed by atoms with Gasteiger partial charge in [0.25, 0.3) is 0 Å². The van der Waals surface area contributed by atoms with Gasteiger partial charge < -0.3 is 20.1 Å². The van der Waals surface area contributed by atoms with Crippen LogP contribution < -0.4 is 0 Å².